The van der Waals surface area contributed by atoms with Crippen molar-refractivity contribution in [1.29, 1.82) is 0 Å². The van der Waals surface area contributed by atoms with Gasteiger partial charge >= 0.3 is 6.09 Å². The van der Waals surface area contributed by atoms with Crippen LogP contribution in [0.15, 0.2) is 17.0 Å². The van der Waals surface area contributed by atoms with E-state index in [4.69, 9.17) is 4.74 Å². The van der Waals surface area contributed by atoms with Crippen LogP contribution >= 0.6 is 0 Å². The minimum atomic E-state index is -3.91. The largest absolute Gasteiger partial charge is 0.444 e. The van der Waals surface area contributed by atoms with Crippen molar-refractivity contribution in [3.63, 3.8) is 0 Å². The Kier molecular flexibility index (Phi) is 5.81. The minimum absolute atomic E-state index is 0.0695. The van der Waals surface area contributed by atoms with E-state index < -0.39 is 26.6 Å². The molecule has 150 valence electrons. The van der Waals surface area contributed by atoms with Gasteiger partial charge in [-0.25, -0.2) is 13.2 Å². The number of hydrogen-bond acceptors (Lipinski definition) is 6. The molecular weight excluding hydrogens is 374 g/mol. The molecule has 1 aromatic rings. The molecule has 0 saturated carbocycles. The van der Waals surface area contributed by atoms with E-state index in [0.717, 1.165) is 6.07 Å². The first kappa shape index (κ1) is 21.1. The summed E-state index contributed by atoms with van der Waals surface area (Å²) in [5.74, 6) is 0. The molecule has 1 aromatic carbocycles. The minimum Gasteiger partial charge on any atom is -0.444 e. The molecule has 1 amide bonds. The molecule has 1 saturated heterocycles. The number of piperazine rings is 1. The first-order valence-corrected chi connectivity index (χ1v) is 10.0. The van der Waals surface area contributed by atoms with Gasteiger partial charge in [0.15, 0.2) is 0 Å². The Morgan fingerprint density at radius 3 is 2.19 bits per heavy atom. The number of sulfonamides is 1. The van der Waals surface area contributed by atoms with E-state index in [1.54, 1.807) is 34.6 Å². The van der Waals surface area contributed by atoms with E-state index in [0.29, 0.717) is 11.1 Å². The molecule has 1 aliphatic heterocycles. The molecular formula is C17H25N3O6S. The summed E-state index contributed by atoms with van der Waals surface area (Å²) in [5.41, 5.74) is 0.132. The predicted molar refractivity (Wildman–Crippen MR) is 99.1 cm³/mol. The van der Waals surface area contributed by atoms with Gasteiger partial charge in [0.05, 0.1) is 9.82 Å². The van der Waals surface area contributed by atoms with Crippen molar-refractivity contribution in [2.45, 2.75) is 45.1 Å². The standard InChI is InChI=1S/C17H25N3O6S/c1-12-10-14(20(22)23)11-15(13(12)2)27(24,25)19-8-6-18(7-9-19)16(21)26-17(3,4)5/h10-11H,6-9H2,1-5H3. The summed E-state index contributed by atoms with van der Waals surface area (Å²) in [6, 6.07) is 2.45. The van der Waals surface area contributed by atoms with Crippen molar-refractivity contribution < 1.29 is 22.9 Å². The molecule has 10 heteroatoms. The fraction of sp³-hybridized carbons (Fsp3) is 0.588. The summed E-state index contributed by atoms with van der Waals surface area (Å²) in [6.45, 7) is 9.15. The molecule has 2 rings (SSSR count). The molecule has 0 spiro atoms. The van der Waals surface area contributed by atoms with Crippen LogP contribution in [0.25, 0.3) is 0 Å². The number of non-ortho nitro benzene ring substituents is 1. The Bertz CT molecular complexity index is 852. The number of rotatable bonds is 3. The number of nitro groups is 1. The Labute approximate surface area is 159 Å². The maximum atomic E-state index is 13.0. The Morgan fingerprint density at radius 2 is 1.70 bits per heavy atom. The summed E-state index contributed by atoms with van der Waals surface area (Å²) < 4.78 is 32.6. The third kappa shape index (κ3) is 4.75. The van der Waals surface area contributed by atoms with Crippen LogP contribution in [0.3, 0.4) is 0 Å². The zero-order valence-electron chi connectivity index (χ0n) is 16.2. The van der Waals surface area contributed by atoms with Gasteiger partial charge in [-0.3, -0.25) is 10.1 Å². The number of carbonyl (C=O) groups excluding carboxylic acids is 1. The van der Waals surface area contributed by atoms with Crippen molar-refractivity contribution in [1.82, 2.24) is 9.21 Å². The monoisotopic (exact) mass is 399 g/mol. The van der Waals surface area contributed by atoms with Gasteiger partial charge in [-0.15, -0.1) is 0 Å². The van der Waals surface area contributed by atoms with Gasteiger partial charge in [0, 0.05) is 38.3 Å². The highest BCUT2D eigenvalue weighted by atomic mass is 32.2. The topological polar surface area (TPSA) is 110 Å². The highest BCUT2D eigenvalue weighted by molar-refractivity contribution is 7.89. The van der Waals surface area contributed by atoms with E-state index in [1.165, 1.54) is 15.3 Å². The quantitative estimate of drug-likeness (QED) is 0.570. The van der Waals surface area contributed by atoms with Gasteiger partial charge in [-0.05, 0) is 45.7 Å². The maximum Gasteiger partial charge on any atom is 0.410 e. The molecule has 27 heavy (non-hydrogen) atoms. The number of nitrogens with zero attached hydrogens (tertiary/aromatic N) is 3. The van der Waals surface area contributed by atoms with Crippen molar-refractivity contribution in [3.8, 4) is 0 Å². The molecule has 1 fully saturated rings. The molecule has 1 heterocycles. The molecule has 0 N–H and O–H groups in total. The molecule has 0 radical (unpaired) electrons. The number of aryl methyl sites for hydroxylation is 1. The second kappa shape index (κ2) is 7.43. The molecule has 0 aromatic heterocycles. The van der Waals surface area contributed by atoms with Gasteiger partial charge in [0.25, 0.3) is 5.69 Å². The highest BCUT2D eigenvalue weighted by Crippen LogP contribution is 2.28. The Balaban J connectivity index is 2.21. The molecule has 0 bridgehead atoms. The second-order valence-corrected chi connectivity index (χ2v) is 9.42. The fourth-order valence-corrected chi connectivity index (χ4v) is 4.50. The van der Waals surface area contributed by atoms with E-state index in [9.17, 15) is 23.3 Å². The predicted octanol–water partition coefficient (Wildman–Crippen LogP) is 2.45. The number of ether oxygens (including phenoxy) is 1. The summed E-state index contributed by atoms with van der Waals surface area (Å²) in [4.78, 5) is 24.0. The molecule has 1 aliphatic rings. The maximum absolute atomic E-state index is 13.0. The lowest BCUT2D eigenvalue weighted by Gasteiger charge is -2.35. The van der Waals surface area contributed by atoms with Crippen LogP contribution in [0.5, 0.6) is 0 Å². The molecule has 0 atom stereocenters. The number of nitro benzene ring substituents is 1. The lowest BCUT2D eigenvalue weighted by Crippen LogP contribution is -2.51. The summed E-state index contributed by atoms with van der Waals surface area (Å²) in [7, 11) is -3.91. The van der Waals surface area contributed by atoms with Crippen molar-refractivity contribution in [3.05, 3.63) is 33.4 Å². The summed E-state index contributed by atoms with van der Waals surface area (Å²) in [6.07, 6.45) is -0.484. The van der Waals surface area contributed by atoms with Crippen LogP contribution < -0.4 is 0 Å². The SMILES string of the molecule is Cc1cc([N+](=O)[O-])cc(S(=O)(=O)N2CCN(C(=O)OC(C)(C)C)CC2)c1C. The molecule has 0 aliphatic carbocycles. The average molecular weight is 399 g/mol. The van der Waals surface area contributed by atoms with E-state index in [-0.39, 0.29) is 36.8 Å². The third-order valence-electron chi connectivity index (χ3n) is 4.32. The second-order valence-electron chi connectivity index (χ2n) is 7.51. The Hall–Kier alpha value is -2.20. The van der Waals surface area contributed by atoms with Crippen LogP contribution in [-0.2, 0) is 14.8 Å². The van der Waals surface area contributed by atoms with E-state index in [2.05, 4.69) is 0 Å². The smallest absolute Gasteiger partial charge is 0.410 e. The lowest BCUT2D eigenvalue weighted by molar-refractivity contribution is -0.385. The lowest BCUT2D eigenvalue weighted by atomic mass is 10.1. The van der Waals surface area contributed by atoms with Crippen LogP contribution in [-0.4, -0.2) is 60.4 Å². The Morgan fingerprint density at radius 1 is 1.15 bits per heavy atom. The van der Waals surface area contributed by atoms with Crippen molar-refractivity contribution >= 4 is 21.8 Å². The van der Waals surface area contributed by atoms with Crippen LogP contribution in [0, 0.1) is 24.0 Å². The first-order valence-electron chi connectivity index (χ1n) is 8.56. The number of benzene rings is 1. The van der Waals surface area contributed by atoms with E-state index >= 15 is 0 Å². The van der Waals surface area contributed by atoms with Crippen molar-refractivity contribution in [2.24, 2.45) is 0 Å². The zero-order valence-corrected chi connectivity index (χ0v) is 17.0. The van der Waals surface area contributed by atoms with Crippen LogP contribution in [0.2, 0.25) is 0 Å². The van der Waals surface area contributed by atoms with Gasteiger partial charge in [-0.2, -0.15) is 4.31 Å². The number of amides is 1. The third-order valence-corrected chi connectivity index (χ3v) is 6.35. The molecule has 0 unspecified atom stereocenters. The van der Waals surface area contributed by atoms with Gasteiger partial charge in [0.2, 0.25) is 10.0 Å². The highest BCUT2D eigenvalue weighted by Gasteiger charge is 2.33. The fourth-order valence-electron chi connectivity index (χ4n) is 2.76. The van der Waals surface area contributed by atoms with Gasteiger partial charge in [-0.1, -0.05) is 0 Å². The van der Waals surface area contributed by atoms with Gasteiger partial charge < -0.3 is 9.64 Å². The number of carbonyl (C=O) groups is 1. The van der Waals surface area contributed by atoms with Gasteiger partial charge in [0.1, 0.15) is 5.60 Å². The van der Waals surface area contributed by atoms with E-state index in [1.807, 2.05) is 0 Å². The van der Waals surface area contributed by atoms with Crippen LogP contribution in [0.4, 0.5) is 10.5 Å². The summed E-state index contributed by atoms with van der Waals surface area (Å²) in [5, 5.41) is 11.1. The average Bonchev–Trinajstić information content (AvgIpc) is 2.55. The normalized spacial score (nSPS) is 16.3. The first-order chi connectivity index (χ1) is 12.3. The van der Waals surface area contributed by atoms with Crippen LogP contribution in [0.1, 0.15) is 31.9 Å². The zero-order chi connectivity index (χ0) is 20.6. The molecule has 9 nitrogen and oxygen atoms in total. The van der Waals surface area contributed by atoms with Crippen molar-refractivity contribution in [2.75, 3.05) is 26.2 Å². The number of hydrogen-bond donors (Lipinski definition) is 0. The summed E-state index contributed by atoms with van der Waals surface area (Å²) >= 11 is 0.